The Morgan fingerprint density at radius 2 is 1.82 bits per heavy atom. The zero-order valence-corrected chi connectivity index (χ0v) is 10.6. The van der Waals surface area contributed by atoms with Crippen molar-refractivity contribution in [2.45, 2.75) is 39.2 Å². The van der Waals surface area contributed by atoms with Crippen molar-refractivity contribution in [1.82, 2.24) is 0 Å². The molecule has 3 nitrogen and oxygen atoms in total. The Bertz CT molecular complexity index is 374. The number of rotatable bonds is 6. The number of primary amides is 1. The molecule has 17 heavy (non-hydrogen) atoms. The molecule has 1 amide bonds. The van der Waals surface area contributed by atoms with Crippen molar-refractivity contribution in [1.29, 1.82) is 0 Å². The van der Waals surface area contributed by atoms with Gasteiger partial charge in [-0.25, -0.2) is 0 Å². The Morgan fingerprint density at radius 3 is 2.35 bits per heavy atom. The van der Waals surface area contributed by atoms with Crippen molar-refractivity contribution in [3.8, 4) is 0 Å². The SMILES string of the molecule is CC(C)CCc1ccccc1C[C@H](N)C(N)=O. The molecule has 94 valence electrons. The number of nitrogens with two attached hydrogens (primary N) is 2. The molecule has 0 heterocycles. The van der Waals surface area contributed by atoms with Crippen LogP contribution >= 0.6 is 0 Å². The summed E-state index contributed by atoms with van der Waals surface area (Å²) in [6, 6.07) is 7.54. The van der Waals surface area contributed by atoms with Crippen LogP contribution in [0, 0.1) is 5.92 Å². The lowest BCUT2D eigenvalue weighted by Crippen LogP contribution is -2.38. The molecule has 0 saturated heterocycles. The summed E-state index contributed by atoms with van der Waals surface area (Å²) in [6.07, 6.45) is 2.70. The van der Waals surface area contributed by atoms with Gasteiger partial charge < -0.3 is 11.5 Å². The quantitative estimate of drug-likeness (QED) is 0.785. The fourth-order valence-corrected chi connectivity index (χ4v) is 1.78. The highest BCUT2D eigenvalue weighted by atomic mass is 16.1. The number of carbonyl (C=O) groups is 1. The molecule has 1 aromatic carbocycles. The fourth-order valence-electron chi connectivity index (χ4n) is 1.78. The van der Waals surface area contributed by atoms with Gasteiger partial charge in [-0.3, -0.25) is 4.79 Å². The lowest BCUT2D eigenvalue weighted by molar-refractivity contribution is -0.119. The molecule has 1 atom stereocenters. The third-order valence-electron chi connectivity index (χ3n) is 2.91. The molecule has 4 N–H and O–H groups in total. The Labute approximate surface area is 103 Å². The number of aryl methyl sites for hydroxylation is 1. The highest BCUT2D eigenvalue weighted by molar-refractivity contribution is 5.79. The maximum Gasteiger partial charge on any atom is 0.234 e. The molecule has 0 unspecified atom stereocenters. The van der Waals surface area contributed by atoms with Gasteiger partial charge in [-0.15, -0.1) is 0 Å². The monoisotopic (exact) mass is 234 g/mol. The van der Waals surface area contributed by atoms with Crippen LogP contribution in [0.25, 0.3) is 0 Å². The molecule has 0 fully saturated rings. The van der Waals surface area contributed by atoms with Gasteiger partial charge in [-0.05, 0) is 36.3 Å². The zero-order valence-electron chi connectivity index (χ0n) is 10.6. The summed E-state index contributed by atoms with van der Waals surface area (Å²) < 4.78 is 0. The summed E-state index contributed by atoms with van der Waals surface area (Å²) in [5.74, 6) is 0.233. The van der Waals surface area contributed by atoms with E-state index in [0.717, 1.165) is 18.4 Å². The minimum atomic E-state index is -0.588. The highest BCUT2D eigenvalue weighted by Gasteiger charge is 2.12. The van der Waals surface area contributed by atoms with Gasteiger partial charge in [0, 0.05) is 0 Å². The van der Waals surface area contributed by atoms with E-state index >= 15 is 0 Å². The van der Waals surface area contributed by atoms with Crippen molar-refractivity contribution < 1.29 is 4.79 Å². The molecule has 0 aliphatic heterocycles. The van der Waals surface area contributed by atoms with Crippen LogP contribution in [0.1, 0.15) is 31.4 Å². The van der Waals surface area contributed by atoms with Gasteiger partial charge in [0.1, 0.15) is 0 Å². The summed E-state index contributed by atoms with van der Waals surface area (Å²) in [4.78, 5) is 11.0. The fraction of sp³-hybridized carbons (Fsp3) is 0.500. The van der Waals surface area contributed by atoms with Crippen molar-refractivity contribution in [3.63, 3.8) is 0 Å². The van der Waals surface area contributed by atoms with E-state index in [1.807, 2.05) is 18.2 Å². The summed E-state index contributed by atoms with van der Waals surface area (Å²) in [6.45, 7) is 4.41. The van der Waals surface area contributed by atoms with Crippen LogP contribution in [-0.4, -0.2) is 11.9 Å². The van der Waals surface area contributed by atoms with E-state index in [0.29, 0.717) is 12.3 Å². The van der Waals surface area contributed by atoms with Gasteiger partial charge in [-0.1, -0.05) is 38.1 Å². The predicted octanol–water partition coefficient (Wildman–Crippen LogP) is 1.63. The van der Waals surface area contributed by atoms with Gasteiger partial charge in [0.25, 0.3) is 0 Å². The molecule has 3 heteroatoms. The number of carbonyl (C=O) groups excluding carboxylic acids is 1. The van der Waals surface area contributed by atoms with Crippen LogP contribution in [0.5, 0.6) is 0 Å². The second-order valence-electron chi connectivity index (χ2n) is 4.91. The van der Waals surface area contributed by atoms with Crippen LogP contribution in [0.4, 0.5) is 0 Å². The van der Waals surface area contributed by atoms with E-state index in [9.17, 15) is 4.79 Å². The van der Waals surface area contributed by atoms with Crippen molar-refractivity contribution in [2.75, 3.05) is 0 Å². The van der Waals surface area contributed by atoms with Gasteiger partial charge in [0.15, 0.2) is 0 Å². The molecule has 0 bridgehead atoms. The summed E-state index contributed by atoms with van der Waals surface area (Å²) in [7, 11) is 0. The van der Waals surface area contributed by atoms with Crippen molar-refractivity contribution in [3.05, 3.63) is 35.4 Å². The average Bonchev–Trinajstić information content (AvgIpc) is 2.27. The second kappa shape index (κ2) is 6.40. The number of hydrogen-bond donors (Lipinski definition) is 2. The van der Waals surface area contributed by atoms with Crippen LogP contribution < -0.4 is 11.5 Å². The Morgan fingerprint density at radius 1 is 1.24 bits per heavy atom. The number of benzene rings is 1. The van der Waals surface area contributed by atoms with Crippen LogP contribution in [-0.2, 0) is 17.6 Å². The zero-order chi connectivity index (χ0) is 12.8. The average molecular weight is 234 g/mol. The summed E-state index contributed by atoms with van der Waals surface area (Å²) >= 11 is 0. The van der Waals surface area contributed by atoms with Crippen molar-refractivity contribution in [2.24, 2.45) is 17.4 Å². The van der Waals surface area contributed by atoms with E-state index in [2.05, 4.69) is 19.9 Å². The molecule has 0 radical (unpaired) electrons. The lowest BCUT2D eigenvalue weighted by Gasteiger charge is -2.13. The third kappa shape index (κ3) is 4.57. The normalized spacial score (nSPS) is 12.7. The first kappa shape index (κ1) is 13.7. The smallest absolute Gasteiger partial charge is 0.234 e. The molecule has 0 aliphatic carbocycles. The second-order valence-corrected chi connectivity index (χ2v) is 4.91. The first-order chi connectivity index (χ1) is 8.00. The molecular formula is C14H22N2O. The van der Waals surface area contributed by atoms with Gasteiger partial charge >= 0.3 is 0 Å². The van der Waals surface area contributed by atoms with Crippen LogP contribution in [0.15, 0.2) is 24.3 Å². The highest BCUT2D eigenvalue weighted by Crippen LogP contribution is 2.15. The van der Waals surface area contributed by atoms with Crippen molar-refractivity contribution >= 4 is 5.91 Å². The van der Waals surface area contributed by atoms with Gasteiger partial charge in [-0.2, -0.15) is 0 Å². The number of hydrogen-bond acceptors (Lipinski definition) is 2. The molecule has 0 aliphatic rings. The minimum Gasteiger partial charge on any atom is -0.368 e. The standard InChI is InChI=1S/C14H22N2O/c1-10(2)7-8-11-5-3-4-6-12(11)9-13(15)14(16)17/h3-6,10,13H,7-9,15H2,1-2H3,(H2,16,17)/t13-/m0/s1. The molecule has 1 aromatic rings. The van der Waals surface area contributed by atoms with E-state index in [1.165, 1.54) is 5.56 Å². The molecule has 0 spiro atoms. The first-order valence-corrected chi connectivity index (χ1v) is 6.12. The Kier molecular flexibility index (Phi) is 5.16. The maximum atomic E-state index is 11.0. The number of amides is 1. The van der Waals surface area contributed by atoms with E-state index < -0.39 is 11.9 Å². The Balaban J connectivity index is 2.73. The first-order valence-electron chi connectivity index (χ1n) is 6.12. The Hall–Kier alpha value is -1.35. The molecular weight excluding hydrogens is 212 g/mol. The topological polar surface area (TPSA) is 69.1 Å². The molecule has 0 saturated carbocycles. The van der Waals surface area contributed by atoms with E-state index in [4.69, 9.17) is 11.5 Å². The van der Waals surface area contributed by atoms with Crippen LogP contribution in [0.2, 0.25) is 0 Å². The van der Waals surface area contributed by atoms with Crippen LogP contribution in [0.3, 0.4) is 0 Å². The largest absolute Gasteiger partial charge is 0.368 e. The van der Waals surface area contributed by atoms with Gasteiger partial charge in [0.05, 0.1) is 6.04 Å². The van der Waals surface area contributed by atoms with Gasteiger partial charge in [0.2, 0.25) is 5.91 Å². The summed E-state index contributed by atoms with van der Waals surface area (Å²) in [5, 5.41) is 0. The van der Waals surface area contributed by atoms with E-state index in [1.54, 1.807) is 0 Å². The lowest BCUT2D eigenvalue weighted by atomic mass is 9.95. The minimum absolute atomic E-state index is 0.441. The maximum absolute atomic E-state index is 11.0. The molecule has 1 rings (SSSR count). The predicted molar refractivity (Wildman–Crippen MR) is 70.5 cm³/mol. The summed E-state index contributed by atoms with van der Waals surface area (Å²) in [5.41, 5.74) is 13.3. The van der Waals surface area contributed by atoms with E-state index in [-0.39, 0.29) is 0 Å². The molecule has 0 aromatic heterocycles. The third-order valence-corrected chi connectivity index (χ3v) is 2.91.